The number of rotatable bonds is 9. The van der Waals surface area contributed by atoms with Gasteiger partial charge in [0.05, 0.1) is 28.6 Å². The summed E-state index contributed by atoms with van der Waals surface area (Å²) in [6, 6.07) is 9.36. The molecule has 1 atom stereocenters. The Kier molecular flexibility index (Phi) is 6.07. The van der Waals surface area contributed by atoms with Crippen LogP contribution in [0.2, 0.25) is 0 Å². The van der Waals surface area contributed by atoms with Gasteiger partial charge in [-0.25, -0.2) is 21.9 Å². The number of halogens is 3. The van der Waals surface area contributed by atoms with E-state index in [1.54, 1.807) is 0 Å². The van der Waals surface area contributed by atoms with Crippen LogP contribution in [0.4, 0.5) is 13.2 Å². The Morgan fingerprint density at radius 1 is 1.14 bits per heavy atom. The van der Waals surface area contributed by atoms with Gasteiger partial charge < -0.3 is 9.47 Å². The van der Waals surface area contributed by atoms with Gasteiger partial charge in [0, 0.05) is 27.8 Å². The molecule has 1 aromatic heterocycles. The number of carbonyl (C=O) groups excluding carboxylic acids is 1. The van der Waals surface area contributed by atoms with Crippen LogP contribution >= 0.6 is 0 Å². The van der Waals surface area contributed by atoms with Gasteiger partial charge in [-0.05, 0) is 37.0 Å². The fourth-order valence-electron chi connectivity index (χ4n) is 3.36. The minimum absolute atomic E-state index is 0.226. The lowest BCUT2D eigenvalue weighted by Crippen LogP contribution is -2.32. The quantitative estimate of drug-likeness (QED) is 0.388. The van der Waals surface area contributed by atoms with E-state index in [1.807, 2.05) is 4.72 Å². The lowest BCUT2D eigenvalue weighted by Gasteiger charge is -2.15. The van der Waals surface area contributed by atoms with Crippen molar-refractivity contribution in [2.45, 2.75) is 32.1 Å². The van der Waals surface area contributed by atoms with Gasteiger partial charge >= 0.3 is 0 Å². The Hall–Kier alpha value is -3.44. The number of methoxy groups -OCH3 is 2. The molecule has 0 saturated carbocycles. The summed E-state index contributed by atoms with van der Waals surface area (Å²) in [5, 5.41) is 0. The molecule has 0 aliphatic heterocycles. The molecule has 0 aliphatic carbocycles. The highest BCUT2D eigenvalue weighted by molar-refractivity contribution is 7.89. The van der Waals surface area contributed by atoms with Crippen molar-refractivity contribution in [3.63, 3.8) is 0 Å². The van der Waals surface area contributed by atoms with Gasteiger partial charge in [0.15, 0.2) is 0 Å². The number of aryl methyl sites for hydroxylation is 1. The maximum Gasteiger partial charge on any atom is 0.268 e. The summed E-state index contributed by atoms with van der Waals surface area (Å²) >= 11 is 0. The fraction of sp³-hybridized carbons (Fsp3) is 0.280. The first-order chi connectivity index (χ1) is 19.3. The van der Waals surface area contributed by atoms with Gasteiger partial charge in [-0.15, -0.1) is 0 Å². The summed E-state index contributed by atoms with van der Waals surface area (Å²) in [5.74, 6) is -4.01. The molecule has 36 heavy (non-hydrogen) atoms. The third-order valence-electron chi connectivity index (χ3n) is 5.18. The lowest BCUT2D eigenvalue weighted by atomic mass is 9.97. The zero-order valence-corrected chi connectivity index (χ0v) is 19.8. The monoisotopic (exact) mass is 528 g/mol. The van der Waals surface area contributed by atoms with Gasteiger partial charge in [0.25, 0.3) is 12.3 Å². The van der Waals surface area contributed by atoms with Crippen LogP contribution in [0.3, 0.4) is 0 Å². The molecular weight excluding hydrogens is 497 g/mol. The van der Waals surface area contributed by atoms with Crippen molar-refractivity contribution in [2.75, 3.05) is 14.1 Å². The van der Waals surface area contributed by atoms with Crippen LogP contribution in [-0.4, -0.2) is 33.5 Å². The van der Waals surface area contributed by atoms with Crippen molar-refractivity contribution in [3.05, 3.63) is 82.3 Å². The number of carbonyl (C=O) groups is 1. The van der Waals surface area contributed by atoms with Crippen molar-refractivity contribution in [1.82, 2.24) is 9.71 Å². The standard InChI is InChI=1S/C25H25F3N2O5S/c1-14-5-10-18(19(11-14)20-12-21(22(26)27)23(28)29-25(20)35-4)24(31)30-36(32,33)13-16-6-8-17(9-7-16)15(2)34-3/h5-12,15,22H,13H2,1-4H3,(H,30,31)/t15-/m0/s1/i1D3,3D3. The van der Waals surface area contributed by atoms with E-state index < -0.39 is 71.1 Å². The Labute approximate surface area is 215 Å². The van der Waals surface area contributed by atoms with Gasteiger partial charge in [0.2, 0.25) is 21.9 Å². The van der Waals surface area contributed by atoms with Gasteiger partial charge in [-0.2, -0.15) is 9.37 Å². The molecule has 2 aromatic carbocycles. The molecule has 0 bridgehead atoms. The summed E-state index contributed by atoms with van der Waals surface area (Å²) < 4.78 is 123. The van der Waals surface area contributed by atoms with Gasteiger partial charge in [-0.1, -0.05) is 42.0 Å². The van der Waals surface area contributed by atoms with E-state index in [0.29, 0.717) is 11.6 Å². The van der Waals surface area contributed by atoms with Gasteiger partial charge in [0.1, 0.15) is 0 Å². The highest BCUT2D eigenvalue weighted by atomic mass is 32.2. The van der Waals surface area contributed by atoms with E-state index in [9.17, 15) is 26.4 Å². The van der Waals surface area contributed by atoms with Crippen molar-refractivity contribution in [1.29, 1.82) is 0 Å². The number of ether oxygens (including phenoxy) is 2. The van der Waals surface area contributed by atoms with Gasteiger partial charge in [-0.3, -0.25) is 4.79 Å². The number of amides is 1. The summed E-state index contributed by atoms with van der Waals surface area (Å²) in [6.45, 7) is -1.20. The molecule has 192 valence electrons. The van der Waals surface area contributed by atoms with Crippen molar-refractivity contribution >= 4 is 15.9 Å². The van der Waals surface area contributed by atoms with E-state index in [1.165, 1.54) is 31.2 Å². The molecule has 0 aliphatic rings. The smallest absolute Gasteiger partial charge is 0.268 e. The van der Waals surface area contributed by atoms with Crippen molar-refractivity contribution < 1.29 is 44.1 Å². The number of aromatic nitrogens is 1. The Balaban J connectivity index is 1.97. The van der Waals surface area contributed by atoms with Crippen LogP contribution in [0.15, 0.2) is 48.5 Å². The Morgan fingerprint density at radius 3 is 2.47 bits per heavy atom. The number of sulfonamides is 1. The zero-order chi connectivity index (χ0) is 31.6. The first-order valence-corrected chi connectivity index (χ1v) is 12.0. The molecule has 0 spiro atoms. The van der Waals surface area contributed by atoms with E-state index in [0.717, 1.165) is 25.3 Å². The minimum Gasteiger partial charge on any atom is -0.480 e. The molecule has 1 amide bonds. The first-order valence-electron chi connectivity index (χ1n) is 13.3. The molecule has 7 nitrogen and oxygen atoms in total. The largest absolute Gasteiger partial charge is 0.480 e. The van der Waals surface area contributed by atoms with Crippen LogP contribution in [0, 0.1) is 12.8 Å². The van der Waals surface area contributed by atoms with Crippen LogP contribution < -0.4 is 9.46 Å². The topological polar surface area (TPSA) is 94.6 Å². The predicted molar refractivity (Wildman–Crippen MR) is 128 cm³/mol. The molecule has 3 aromatic rings. The summed E-state index contributed by atoms with van der Waals surface area (Å²) in [4.78, 5) is 16.5. The molecule has 0 unspecified atom stereocenters. The number of benzene rings is 2. The molecular formula is C25H25F3N2O5S. The highest BCUT2D eigenvalue weighted by Gasteiger charge is 2.25. The third kappa shape index (κ3) is 6.21. The second kappa shape index (κ2) is 11.1. The van der Waals surface area contributed by atoms with E-state index in [2.05, 4.69) is 4.98 Å². The van der Waals surface area contributed by atoms with E-state index in [-0.39, 0.29) is 22.3 Å². The average molecular weight is 529 g/mol. The van der Waals surface area contributed by atoms with Crippen LogP contribution in [0.5, 0.6) is 5.88 Å². The van der Waals surface area contributed by atoms with Crippen LogP contribution in [0.1, 0.15) is 60.3 Å². The first kappa shape index (κ1) is 19.7. The summed E-state index contributed by atoms with van der Waals surface area (Å²) in [7, 11) is -5.97. The molecule has 1 heterocycles. The Morgan fingerprint density at radius 2 is 1.86 bits per heavy atom. The molecule has 0 radical (unpaired) electrons. The predicted octanol–water partition coefficient (Wildman–Crippen LogP) is 5.11. The number of hydrogen-bond acceptors (Lipinski definition) is 6. The summed E-state index contributed by atoms with van der Waals surface area (Å²) in [5.41, 5.74) is -1.93. The SMILES string of the molecule is [2H]C([2H])([2H])O[C@@H](C)c1ccc(CS(=O)(=O)NC(=O)c2ccc(C([2H])([2H])[2H])cc2-c2cc(C(F)F)c(F)nc2OC)cc1. The number of nitrogens with zero attached hydrogens (tertiary/aromatic N) is 1. The van der Waals surface area contributed by atoms with Crippen molar-refractivity contribution in [3.8, 4) is 17.0 Å². The number of alkyl halides is 2. The molecule has 0 saturated heterocycles. The minimum atomic E-state index is -4.38. The number of hydrogen-bond donors (Lipinski definition) is 1. The number of nitrogens with one attached hydrogen (secondary N) is 1. The second-order valence-electron chi connectivity index (χ2n) is 7.68. The average Bonchev–Trinajstić information content (AvgIpc) is 2.86. The fourth-order valence-corrected chi connectivity index (χ4v) is 4.46. The normalized spacial score (nSPS) is 15.6. The molecule has 0 fully saturated rings. The van der Waals surface area contributed by atoms with Crippen molar-refractivity contribution in [2.24, 2.45) is 0 Å². The van der Waals surface area contributed by atoms with E-state index >= 15 is 0 Å². The van der Waals surface area contributed by atoms with Crippen LogP contribution in [0.25, 0.3) is 11.1 Å². The number of pyridine rings is 1. The molecule has 1 N–H and O–H groups in total. The lowest BCUT2D eigenvalue weighted by molar-refractivity contribution is 0.0982. The summed E-state index contributed by atoms with van der Waals surface area (Å²) in [6.07, 6.45) is -4.14. The van der Waals surface area contributed by atoms with E-state index in [4.69, 9.17) is 17.7 Å². The Bertz CT molecular complexity index is 1570. The molecule has 3 rings (SSSR count). The second-order valence-corrected chi connectivity index (χ2v) is 9.40. The maximum atomic E-state index is 14.1. The zero-order valence-electron chi connectivity index (χ0n) is 25.0. The van der Waals surface area contributed by atoms with Crippen LogP contribution in [-0.2, 0) is 20.5 Å². The third-order valence-corrected chi connectivity index (χ3v) is 6.39. The highest BCUT2D eigenvalue weighted by Crippen LogP contribution is 2.36. The maximum absolute atomic E-state index is 14.1. The molecule has 11 heteroatoms.